The van der Waals surface area contributed by atoms with E-state index >= 15 is 0 Å². The lowest BCUT2D eigenvalue weighted by molar-refractivity contribution is 0.0974. The molecule has 0 fully saturated rings. The van der Waals surface area contributed by atoms with Crippen LogP contribution in [0.3, 0.4) is 0 Å². The van der Waals surface area contributed by atoms with Crippen molar-refractivity contribution in [3.8, 4) is 5.75 Å². The maximum absolute atomic E-state index is 12.9. The highest BCUT2D eigenvalue weighted by molar-refractivity contribution is 7.92. The second-order valence-electron chi connectivity index (χ2n) is 6.76. The Morgan fingerprint density at radius 3 is 2.74 bits per heavy atom. The first-order chi connectivity index (χ1) is 12.9. The van der Waals surface area contributed by atoms with Crippen molar-refractivity contribution in [1.82, 2.24) is 4.98 Å². The number of ketones is 1. The van der Waals surface area contributed by atoms with Crippen LogP contribution in [0.5, 0.6) is 5.75 Å². The number of sulfonamides is 1. The number of hydrogen-bond donors (Lipinski definition) is 2. The quantitative estimate of drug-likeness (QED) is 0.716. The normalized spacial score (nSPS) is 14.2. The number of carbonyl (C=O) groups excluding carboxylic acids is 1. The van der Waals surface area contributed by atoms with Crippen molar-refractivity contribution >= 4 is 32.4 Å². The number of aryl methyl sites for hydroxylation is 2. The number of aromatic amines is 1. The van der Waals surface area contributed by atoms with Gasteiger partial charge in [0.1, 0.15) is 5.75 Å². The monoisotopic (exact) mass is 384 g/mol. The number of carbonyl (C=O) groups is 1. The molecule has 140 valence electrons. The molecule has 1 aromatic heterocycles. The van der Waals surface area contributed by atoms with Crippen molar-refractivity contribution in [2.24, 2.45) is 0 Å². The van der Waals surface area contributed by atoms with E-state index in [2.05, 4.69) is 9.71 Å². The fourth-order valence-corrected chi connectivity index (χ4v) is 4.93. The molecular weight excluding hydrogens is 364 g/mol. The second kappa shape index (κ2) is 6.42. The van der Waals surface area contributed by atoms with E-state index in [1.54, 1.807) is 43.3 Å². The molecule has 0 amide bonds. The molecule has 0 saturated carbocycles. The molecule has 27 heavy (non-hydrogen) atoms. The Bertz CT molecular complexity index is 1160. The van der Waals surface area contributed by atoms with Gasteiger partial charge in [-0.15, -0.1) is 0 Å². The summed E-state index contributed by atoms with van der Waals surface area (Å²) in [7, 11) is -2.26. The Morgan fingerprint density at radius 2 is 1.96 bits per heavy atom. The van der Waals surface area contributed by atoms with Gasteiger partial charge in [-0.3, -0.25) is 9.52 Å². The molecule has 4 rings (SSSR count). The summed E-state index contributed by atoms with van der Waals surface area (Å²) in [6.45, 7) is 1.74. The number of nitrogens with one attached hydrogen (secondary N) is 2. The SMILES string of the molecule is COc1cccc(NS(=O)(=O)c2cc3[nH]c4c(c3cc2C)C(=O)CCC4)c1. The molecule has 0 aliphatic heterocycles. The number of rotatable bonds is 4. The van der Waals surface area contributed by atoms with Crippen molar-refractivity contribution in [2.75, 3.05) is 11.8 Å². The van der Waals surface area contributed by atoms with Crippen molar-refractivity contribution in [1.29, 1.82) is 0 Å². The van der Waals surface area contributed by atoms with Crippen LogP contribution in [0.25, 0.3) is 10.9 Å². The third kappa shape index (κ3) is 3.08. The second-order valence-corrected chi connectivity index (χ2v) is 8.41. The Morgan fingerprint density at radius 1 is 1.15 bits per heavy atom. The molecule has 7 heteroatoms. The molecule has 1 aliphatic carbocycles. The number of benzene rings is 2. The average molecular weight is 384 g/mol. The smallest absolute Gasteiger partial charge is 0.262 e. The standard InChI is InChI=1S/C20H20N2O4S/c1-12-9-15-17(21-16-7-4-8-18(23)20(15)16)11-19(12)27(24,25)22-13-5-3-6-14(10-13)26-2/h3,5-6,9-11,21-22H,4,7-8H2,1-2H3. The average Bonchev–Trinajstić information content (AvgIpc) is 2.99. The molecule has 6 nitrogen and oxygen atoms in total. The molecule has 0 atom stereocenters. The molecule has 1 aliphatic rings. The summed E-state index contributed by atoms with van der Waals surface area (Å²) >= 11 is 0. The van der Waals surface area contributed by atoms with Gasteiger partial charge in [-0.25, -0.2) is 8.42 Å². The predicted octanol–water partition coefficient (Wildman–Crippen LogP) is 3.80. The van der Waals surface area contributed by atoms with Gasteiger partial charge in [0, 0.05) is 34.6 Å². The van der Waals surface area contributed by atoms with E-state index < -0.39 is 10.0 Å². The van der Waals surface area contributed by atoms with Crippen molar-refractivity contribution in [3.63, 3.8) is 0 Å². The van der Waals surface area contributed by atoms with Gasteiger partial charge in [-0.05, 0) is 49.6 Å². The zero-order valence-corrected chi connectivity index (χ0v) is 15.9. The van der Waals surface area contributed by atoms with Gasteiger partial charge in [0.2, 0.25) is 0 Å². The van der Waals surface area contributed by atoms with Crippen LogP contribution in [-0.4, -0.2) is 26.3 Å². The molecular formula is C20H20N2O4S. The number of ether oxygens (including phenoxy) is 1. The third-order valence-electron chi connectivity index (χ3n) is 4.89. The third-order valence-corrected chi connectivity index (χ3v) is 6.42. The molecule has 0 radical (unpaired) electrons. The summed E-state index contributed by atoms with van der Waals surface area (Å²) < 4.78 is 33.6. The number of H-pyrrole nitrogens is 1. The lowest BCUT2D eigenvalue weighted by Gasteiger charge is -2.12. The Kier molecular flexibility index (Phi) is 4.19. The molecule has 0 spiro atoms. The minimum Gasteiger partial charge on any atom is -0.497 e. The first kappa shape index (κ1) is 17.6. The van der Waals surface area contributed by atoms with E-state index in [0.717, 1.165) is 23.9 Å². The molecule has 0 unspecified atom stereocenters. The summed E-state index contributed by atoms with van der Waals surface area (Å²) in [4.78, 5) is 15.7. The Hall–Kier alpha value is -2.80. The van der Waals surface area contributed by atoms with Gasteiger partial charge < -0.3 is 9.72 Å². The van der Waals surface area contributed by atoms with E-state index in [1.165, 1.54) is 7.11 Å². The molecule has 1 heterocycles. The number of methoxy groups -OCH3 is 1. The fraction of sp³-hybridized carbons (Fsp3) is 0.250. The van der Waals surface area contributed by atoms with Crippen molar-refractivity contribution in [2.45, 2.75) is 31.1 Å². The highest BCUT2D eigenvalue weighted by Crippen LogP contribution is 2.32. The number of fused-ring (bicyclic) bond motifs is 3. The molecule has 3 aromatic rings. The summed E-state index contributed by atoms with van der Waals surface area (Å²) in [6, 6.07) is 10.1. The van der Waals surface area contributed by atoms with Crippen LogP contribution in [0.1, 0.15) is 34.5 Å². The Labute approximate surface area is 157 Å². The number of hydrogen-bond acceptors (Lipinski definition) is 4. The maximum Gasteiger partial charge on any atom is 0.262 e. The summed E-state index contributed by atoms with van der Waals surface area (Å²) in [6.07, 6.45) is 2.16. The Balaban J connectivity index is 1.78. The zero-order chi connectivity index (χ0) is 19.2. The molecule has 0 bridgehead atoms. The van der Waals surface area contributed by atoms with Crippen LogP contribution in [-0.2, 0) is 16.4 Å². The minimum atomic E-state index is -3.79. The van der Waals surface area contributed by atoms with Gasteiger partial charge in [-0.1, -0.05) is 6.07 Å². The summed E-state index contributed by atoms with van der Waals surface area (Å²) in [5.74, 6) is 0.685. The lowest BCUT2D eigenvalue weighted by atomic mass is 9.94. The van der Waals surface area contributed by atoms with Gasteiger partial charge in [0.15, 0.2) is 5.78 Å². The summed E-state index contributed by atoms with van der Waals surface area (Å²) in [5.41, 5.74) is 3.31. The first-order valence-corrected chi connectivity index (χ1v) is 10.2. The fourth-order valence-electron chi connectivity index (χ4n) is 3.63. The highest BCUT2D eigenvalue weighted by atomic mass is 32.2. The largest absolute Gasteiger partial charge is 0.497 e. The molecule has 2 aromatic carbocycles. The number of Topliss-reactive ketones (excluding diaryl/α,β-unsaturated/α-hetero) is 1. The van der Waals surface area contributed by atoms with Gasteiger partial charge in [-0.2, -0.15) is 0 Å². The van der Waals surface area contributed by atoms with E-state index in [-0.39, 0.29) is 10.7 Å². The van der Waals surface area contributed by atoms with E-state index in [1.807, 2.05) is 0 Å². The number of aromatic nitrogens is 1. The van der Waals surface area contributed by atoms with Crippen molar-refractivity contribution < 1.29 is 17.9 Å². The van der Waals surface area contributed by atoms with Crippen LogP contribution in [0.4, 0.5) is 5.69 Å². The first-order valence-electron chi connectivity index (χ1n) is 8.74. The lowest BCUT2D eigenvalue weighted by Crippen LogP contribution is -2.14. The van der Waals surface area contributed by atoms with Crippen LogP contribution in [0.15, 0.2) is 41.3 Å². The summed E-state index contributed by atoms with van der Waals surface area (Å²) in [5, 5.41) is 0.799. The molecule has 2 N–H and O–H groups in total. The number of anilines is 1. The van der Waals surface area contributed by atoms with E-state index in [0.29, 0.717) is 34.5 Å². The zero-order valence-electron chi connectivity index (χ0n) is 15.1. The van der Waals surface area contributed by atoms with Crippen molar-refractivity contribution in [3.05, 3.63) is 53.2 Å². The minimum absolute atomic E-state index is 0.118. The van der Waals surface area contributed by atoms with Crippen LogP contribution >= 0.6 is 0 Å². The molecule has 0 saturated heterocycles. The predicted molar refractivity (Wildman–Crippen MR) is 104 cm³/mol. The highest BCUT2D eigenvalue weighted by Gasteiger charge is 2.25. The maximum atomic E-state index is 12.9. The van der Waals surface area contributed by atoms with Gasteiger partial charge in [0.05, 0.1) is 17.7 Å². The van der Waals surface area contributed by atoms with Gasteiger partial charge in [0.25, 0.3) is 10.0 Å². The van der Waals surface area contributed by atoms with Crippen LogP contribution in [0, 0.1) is 6.92 Å². The van der Waals surface area contributed by atoms with E-state index in [4.69, 9.17) is 4.74 Å². The van der Waals surface area contributed by atoms with Crippen LogP contribution in [0.2, 0.25) is 0 Å². The van der Waals surface area contributed by atoms with Crippen LogP contribution < -0.4 is 9.46 Å². The van der Waals surface area contributed by atoms with Gasteiger partial charge >= 0.3 is 0 Å². The van der Waals surface area contributed by atoms with E-state index in [9.17, 15) is 13.2 Å². The topological polar surface area (TPSA) is 88.3 Å².